The predicted octanol–water partition coefficient (Wildman–Crippen LogP) is 2.33. The number of carbonyl (C=O) groups excluding carboxylic acids is 1. The van der Waals surface area contributed by atoms with Gasteiger partial charge in [0.2, 0.25) is 0 Å². The number of nitriles is 1. The van der Waals surface area contributed by atoms with Crippen LogP contribution >= 0.6 is 11.8 Å². The molecule has 60 valence electrons. The van der Waals surface area contributed by atoms with Gasteiger partial charge in [-0.1, -0.05) is 13.8 Å². The molecule has 0 rings (SSSR count). The highest BCUT2D eigenvalue weighted by Crippen LogP contribution is 2.21. The van der Waals surface area contributed by atoms with Crippen LogP contribution in [-0.4, -0.2) is 6.29 Å². The molecule has 0 fully saturated rings. The van der Waals surface area contributed by atoms with E-state index in [1.54, 1.807) is 0 Å². The Balaban J connectivity index is 4.02. The lowest BCUT2D eigenvalue weighted by Gasteiger charge is -2.02. The van der Waals surface area contributed by atoms with Crippen LogP contribution in [0.15, 0.2) is 11.0 Å². The Hall–Kier alpha value is -0.750. The van der Waals surface area contributed by atoms with E-state index in [4.69, 9.17) is 5.26 Å². The molecule has 0 aliphatic carbocycles. The van der Waals surface area contributed by atoms with Crippen molar-refractivity contribution in [3.05, 3.63) is 11.0 Å². The zero-order valence-electron chi connectivity index (χ0n) is 6.70. The van der Waals surface area contributed by atoms with Crippen molar-refractivity contribution >= 4 is 18.0 Å². The second-order valence-electron chi connectivity index (χ2n) is 2.56. The summed E-state index contributed by atoms with van der Waals surface area (Å²) in [4.78, 5) is 10.9. The molecule has 3 heteroatoms. The van der Waals surface area contributed by atoms with Gasteiger partial charge < -0.3 is 0 Å². The molecule has 0 heterocycles. The summed E-state index contributed by atoms with van der Waals surface area (Å²) in [6, 6.07) is 0. The van der Waals surface area contributed by atoms with Crippen molar-refractivity contribution in [3.8, 4) is 5.40 Å². The largest absolute Gasteiger partial charge is 0.299 e. The third-order valence-electron chi connectivity index (χ3n) is 1.04. The Kier molecular flexibility index (Phi) is 5.58. The molecule has 0 aliphatic rings. The second kappa shape index (κ2) is 5.99. The average Bonchev–Trinajstić information content (AvgIpc) is 1.87. The second-order valence-corrected chi connectivity index (χ2v) is 3.47. The van der Waals surface area contributed by atoms with Gasteiger partial charge in [-0.25, -0.2) is 0 Å². The van der Waals surface area contributed by atoms with E-state index in [2.05, 4.69) is 13.8 Å². The fourth-order valence-electron chi connectivity index (χ4n) is 0.681. The minimum atomic E-state index is 0.488. The monoisotopic (exact) mass is 169 g/mol. The Morgan fingerprint density at radius 1 is 1.73 bits per heavy atom. The molecule has 0 atom stereocenters. The van der Waals surface area contributed by atoms with Crippen LogP contribution < -0.4 is 0 Å². The van der Waals surface area contributed by atoms with Gasteiger partial charge in [-0.15, -0.1) is 0 Å². The van der Waals surface area contributed by atoms with Gasteiger partial charge in [-0.05, 0) is 30.2 Å². The molecule has 0 saturated carbocycles. The minimum Gasteiger partial charge on any atom is -0.299 e. The van der Waals surface area contributed by atoms with Gasteiger partial charge in [-0.2, -0.15) is 5.26 Å². The summed E-state index contributed by atoms with van der Waals surface area (Å²) in [5.41, 5.74) is 0. The fraction of sp³-hybridized carbons (Fsp3) is 0.500. The van der Waals surface area contributed by atoms with Crippen LogP contribution in [0.2, 0.25) is 0 Å². The van der Waals surface area contributed by atoms with E-state index in [0.29, 0.717) is 5.92 Å². The number of thioether (sulfide) groups is 1. The van der Waals surface area contributed by atoms with E-state index >= 15 is 0 Å². The first-order chi connectivity index (χ1) is 5.20. The number of thiocyanates is 1. The summed E-state index contributed by atoms with van der Waals surface area (Å²) >= 11 is 1.06. The summed E-state index contributed by atoms with van der Waals surface area (Å²) in [5.74, 6) is 0.488. The Morgan fingerprint density at radius 3 is 2.73 bits per heavy atom. The molecule has 0 aromatic rings. The highest BCUT2D eigenvalue weighted by Gasteiger charge is 2.00. The topological polar surface area (TPSA) is 40.9 Å². The van der Waals surface area contributed by atoms with E-state index in [1.165, 1.54) is 6.08 Å². The molecular formula is C8H11NOS. The number of nitrogens with zero attached hydrogens (tertiary/aromatic N) is 1. The normalized spacial score (nSPS) is 11.3. The molecule has 0 amide bonds. The van der Waals surface area contributed by atoms with Gasteiger partial charge in [0.15, 0.2) is 0 Å². The van der Waals surface area contributed by atoms with Crippen molar-refractivity contribution < 1.29 is 4.79 Å². The zero-order valence-corrected chi connectivity index (χ0v) is 7.52. The minimum absolute atomic E-state index is 0.488. The summed E-state index contributed by atoms with van der Waals surface area (Å²) in [5, 5.41) is 10.3. The van der Waals surface area contributed by atoms with E-state index in [1.807, 2.05) is 5.40 Å². The van der Waals surface area contributed by atoms with Crippen LogP contribution in [0.5, 0.6) is 0 Å². The van der Waals surface area contributed by atoms with Gasteiger partial charge in [0.05, 0.1) is 0 Å². The van der Waals surface area contributed by atoms with Crippen molar-refractivity contribution in [3.63, 3.8) is 0 Å². The molecule has 0 spiro atoms. The van der Waals surface area contributed by atoms with Crippen LogP contribution in [-0.2, 0) is 4.79 Å². The molecule has 11 heavy (non-hydrogen) atoms. The lowest BCUT2D eigenvalue weighted by molar-refractivity contribution is -0.104. The van der Waals surface area contributed by atoms with Crippen molar-refractivity contribution in [2.45, 2.75) is 20.3 Å². The van der Waals surface area contributed by atoms with Crippen LogP contribution in [0.3, 0.4) is 0 Å². The molecule has 0 aromatic heterocycles. The first-order valence-corrected chi connectivity index (χ1v) is 4.22. The number of hydrogen-bond donors (Lipinski definition) is 0. The van der Waals surface area contributed by atoms with Gasteiger partial charge in [0.1, 0.15) is 11.7 Å². The van der Waals surface area contributed by atoms with E-state index < -0.39 is 0 Å². The number of rotatable bonds is 4. The Labute approximate surface area is 71.3 Å². The average molecular weight is 169 g/mol. The predicted molar refractivity (Wildman–Crippen MR) is 46.8 cm³/mol. The van der Waals surface area contributed by atoms with E-state index in [-0.39, 0.29) is 0 Å². The summed E-state index contributed by atoms with van der Waals surface area (Å²) in [6.07, 6.45) is 2.98. The SMILES string of the molecule is CC(C)C/C(=C/C=O)SC#N. The number of allylic oxidation sites excluding steroid dienone is 2. The first kappa shape index (κ1) is 10.2. The Bertz CT molecular complexity index is 191. The molecular weight excluding hydrogens is 158 g/mol. The molecule has 0 bridgehead atoms. The number of carbonyl (C=O) groups is 1. The van der Waals surface area contributed by atoms with Crippen LogP contribution in [0.25, 0.3) is 0 Å². The van der Waals surface area contributed by atoms with Crippen molar-refractivity contribution in [1.29, 1.82) is 5.26 Å². The van der Waals surface area contributed by atoms with Crippen LogP contribution in [0.1, 0.15) is 20.3 Å². The maximum atomic E-state index is 10.1. The fourth-order valence-corrected chi connectivity index (χ4v) is 1.34. The van der Waals surface area contributed by atoms with Crippen LogP contribution in [0.4, 0.5) is 0 Å². The smallest absolute Gasteiger partial charge is 0.143 e. The standard InChI is InChI=1S/C8H11NOS/c1-7(2)5-8(3-4-10)11-6-9/h3-4,7H,5H2,1-2H3/b8-3-. The third kappa shape index (κ3) is 5.68. The highest BCUT2D eigenvalue weighted by molar-refractivity contribution is 8.07. The lowest BCUT2D eigenvalue weighted by atomic mass is 10.1. The van der Waals surface area contributed by atoms with Gasteiger partial charge in [-0.3, -0.25) is 4.79 Å². The van der Waals surface area contributed by atoms with Gasteiger partial charge >= 0.3 is 0 Å². The van der Waals surface area contributed by atoms with Gasteiger partial charge in [0.25, 0.3) is 0 Å². The molecule has 0 aromatic carbocycles. The van der Waals surface area contributed by atoms with E-state index in [9.17, 15) is 4.79 Å². The van der Waals surface area contributed by atoms with Crippen molar-refractivity contribution in [2.24, 2.45) is 5.92 Å². The maximum Gasteiger partial charge on any atom is 0.143 e. The Morgan fingerprint density at radius 2 is 2.36 bits per heavy atom. The molecule has 0 aliphatic heterocycles. The van der Waals surface area contributed by atoms with Crippen molar-refractivity contribution in [2.75, 3.05) is 0 Å². The molecule has 0 saturated heterocycles. The molecule has 0 radical (unpaired) electrons. The molecule has 0 unspecified atom stereocenters. The lowest BCUT2D eigenvalue weighted by Crippen LogP contribution is -1.88. The molecule has 0 N–H and O–H groups in total. The summed E-state index contributed by atoms with van der Waals surface area (Å²) in [7, 11) is 0. The van der Waals surface area contributed by atoms with Crippen LogP contribution in [0, 0.1) is 16.6 Å². The summed E-state index contributed by atoms with van der Waals surface area (Å²) in [6.45, 7) is 4.10. The summed E-state index contributed by atoms with van der Waals surface area (Å²) < 4.78 is 0. The maximum absolute atomic E-state index is 10.1. The molecule has 2 nitrogen and oxygen atoms in total. The van der Waals surface area contributed by atoms with Gasteiger partial charge in [0, 0.05) is 4.91 Å². The number of aldehydes is 1. The zero-order chi connectivity index (χ0) is 8.69. The third-order valence-corrected chi connectivity index (χ3v) is 1.70. The highest BCUT2D eigenvalue weighted by atomic mass is 32.2. The number of hydrogen-bond acceptors (Lipinski definition) is 3. The van der Waals surface area contributed by atoms with E-state index in [0.717, 1.165) is 29.4 Å². The quantitative estimate of drug-likeness (QED) is 0.368. The first-order valence-electron chi connectivity index (χ1n) is 3.41. The van der Waals surface area contributed by atoms with Crippen molar-refractivity contribution in [1.82, 2.24) is 0 Å².